The topological polar surface area (TPSA) is 44.2 Å². The molecule has 2 fully saturated rings. The van der Waals surface area contributed by atoms with E-state index in [1.54, 1.807) is 0 Å². The van der Waals surface area contributed by atoms with Crippen LogP contribution in [0.1, 0.15) is 50.8 Å². The number of fused-ring (bicyclic) bond motifs is 3. The largest absolute Gasteiger partial charge is 0.347 e. The van der Waals surface area contributed by atoms with Crippen molar-refractivity contribution in [1.29, 1.82) is 0 Å². The standard InChI is InChI=1S/C23H28N2O2/c1-3-18-19-10-9-17-15-24-21(16-7-5-4-6-8-16)25-20(17)22(19,2)11-12-23(18)26-13-14-27-23/h4-8,15,18-19H,3,9-14H2,1-2H3/t18-,19-,22-/m0/s1. The van der Waals surface area contributed by atoms with Crippen molar-refractivity contribution in [2.45, 2.75) is 57.2 Å². The van der Waals surface area contributed by atoms with Crippen molar-refractivity contribution in [1.82, 2.24) is 9.97 Å². The van der Waals surface area contributed by atoms with Gasteiger partial charge in [0.05, 0.1) is 18.9 Å². The predicted octanol–water partition coefficient (Wildman–Crippen LogP) is 4.53. The van der Waals surface area contributed by atoms with E-state index in [1.165, 1.54) is 17.7 Å². The van der Waals surface area contributed by atoms with Crippen LogP contribution in [0.5, 0.6) is 0 Å². The molecule has 3 aliphatic rings. The van der Waals surface area contributed by atoms with E-state index in [0.717, 1.165) is 50.3 Å². The summed E-state index contributed by atoms with van der Waals surface area (Å²) in [5.74, 6) is 1.46. The maximum atomic E-state index is 6.20. The highest BCUT2D eigenvalue weighted by Crippen LogP contribution is 2.57. The Morgan fingerprint density at radius 1 is 1.11 bits per heavy atom. The van der Waals surface area contributed by atoms with Gasteiger partial charge in [-0.15, -0.1) is 0 Å². The molecule has 2 heterocycles. The number of ether oxygens (including phenoxy) is 2. The summed E-state index contributed by atoms with van der Waals surface area (Å²) in [5.41, 5.74) is 3.75. The molecule has 4 nitrogen and oxygen atoms in total. The van der Waals surface area contributed by atoms with Crippen LogP contribution in [0, 0.1) is 11.8 Å². The summed E-state index contributed by atoms with van der Waals surface area (Å²) in [4.78, 5) is 9.81. The van der Waals surface area contributed by atoms with Crippen molar-refractivity contribution in [2.24, 2.45) is 11.8 Å². The lowest BCUT2D eigenvalue weighted by molar-refractivity contribution is -0.240. The zero-order valence-corrected chi connectivity index (χ0v) is 16.3. The molecule has 142 valence electrons. The summed E-state index contributed by atoms with van der Waals surface area (Å²) in [5, 5.41) is 0. The van der Waals surface area contributed by atoms with Crippen LogP contribution in [-0.4, -0.2) is 29.0 Å². The number of rotatable bonds is 2. The maximum absolute atomic E-state index is 6.20. The van der Waals surface area contributed by atoms with E-state index >= 15 is 0 Å². The van der Waals surface area contributed by atoms with E-state index in [1.807, 2.05) is 6.07 Å². The molecule has 2 aromatic rings. The smallest absolute Gasteiger partial charge is 0.171 e. The van der Waals surface area contributed by atoms with Crippen molar-refractivity contribution < 1.29 is 9.47 Å². The second kappa shape index (κ2) is 6.39. The molecular formula is C23H28N2O2. The quantitative estimate of drug-likeness (QED) is 0.785. The molecule has 1 saturated carbocycles. The van der Waals surface area contributed by atoms with Crippen molar-refractivity contribution in [3.8, 4) is 11.4 Å². The minimum Gasteiger partial charge on any atom is -0.347 e. The second-order valence-electron chi connectivity index (χ2n) is 8.52. The van der Waals surface area contributed by atoms with E-state index in [0.29, 0.717) is 11.8 Å². The van der Waals surface area contributed by atoms with E-state index in [-0.39, 0.29) is 11.2 Å². The Balaban J connectivity index is 1.57. The first kappa shape index (κ1) is 17.3. The molecule has 1 spiro atoms. The highest BCUT2D eigenvalue weighted by molar-refractivity contribution is 5.55. The molecular weight excluding hydrogens is 336 g/mol. The summed E-state index contributed by atoms with van der Waals surface area (Å²) < 4.78 is 12.4. The fourth-order valence-corrected chi connectivity index (χ4v) is 5.92. The molecule has 0 N–H and O–H groups in total. The molecule has 1 aromatic heterocycles. The van der Waals surface area contributed by atoms with Gasteiger partial charge in [0, 0.05) is 29.5 Å². The van der Waals surface area contributed by atoms with Gasteiger partial charge in [0.2, 0.25) is 0 Å². The lowest BCUT2D eigenvalue weighted by Gasteiger charge is -2.55. The van der Waals surface area contributed by atoms with Crippen LogP contribution in [0.2, 0.25) is 0 Å². The Kier molecular flexibility index (Phi) is 4.10. The van der Waals surface area contributed by atoms with Crippen LogP contribution in [-0.2, 0) is 21.3 Å². The molecule has 27 heavy (non-hydrogen) atoms. The van der Waals surface area contributed by atoms with Crippen LogP contribution in [0.25, 0.3) is 11.4 Å². The van der Waals surface area contributed by atoms with Crippen LogP contribution < -0.4 is 0 Å². The monoisotopic (exact) mass is 364 g/mol. The first-order valence-corrected chi connectivity index (χ1v) is 10.4. The summed E-state index contributed by atoms with van der Waals surface area (Å²) in [6, 6.07) is 10.3. The molecule has 5 rings (SSSR count). The normalized spacial score (nSPS) is 31.5. The van der Waals surface area contributed by atoms with Gasteiger partial charge in [0.25, 0.3) is 0 Å². The molecule has 2 aliphatic carbocycles. The Hall–Kier alpha value is -1.78. The van der Waals surface area contributed by atoms with Crippen molar-refractivity contribution in [3.63, 3.8) is 0 Å². The van der Waals surface area contributed by atoms with Gasteiger partial charge in [-0.05, 0) is 37.2 Å². The van der Waals surface area contributed by atoms with E-state index < -0.39 is 0 Å². The Labute approximate surface area is 161 Å². The van der Waals surface area contributed by atoms with E-state index in [2.05, 4.69) is 49.3 Å². The zero-order chi connectivity index (χ0) is 18.5. The van der Waals surface area contributed by atoms with E-state index in [9.17, 15) is 0 Å². The highest BCUT2D eigenvalue weighted by Gasteiger charge is 2.58. The van der Waals surface area contributed by atoms with Gasteiger partial charge in [-0.3, -0.25) is 0 Å². The number of hydrogen-bond acceptors (Lipinski definition) is 4. The fourth-order valence-electron chi connectivity index (χ4n) is 5.92. The van der Waals surface area contributed by atoms with Gasteiger partial charge in [0.15, 0.2) is 11.6 Å². The van der Waals surface area contributed by atoms with Crippen molar-refractivity contribution in [2.75, 3.05) is 13.2 Å². The van der Waals surface area contributed by atoms with Crippen LogP contribution in [0.3, 0.4) is 0 Å². The highest BCUT2D eigenvalue weighted by atomic mass is 16.7. The summed E-state index contributed by atoms with van der Waals surface area (Å²) in [6.45, 7) is 6.17. The third-order valence-corrected chi connectivity index (χ3v) is 7.24. The molecule has 1 saturated heterocycles. The minimum absolute atomic E-state index is 0.0707. The molecule has 0 unspecified atom stereocenters. The molecule has 1 aromatic carbocycles. The molecule has 4 heteroatoms. The third kappa shape index (κ3) is 2.57. The lowest BCUT2D eigenvalue weighted by atomic mass is 9.54. The maximum Gasteiger partial charge on any atom is 0.171 e. The van der Waals surface area contributed by atoms with Gasteiger partial charge < -0.3 is 9.47 Å². The predicted molar refractivity (Wildman–Crippen MR) is 104 cm³/mol. The van der Waals surface area contributed by atoms with Gasteiger partial charge in [-0.1, -0.05) is 44.2 Å². The third-order valence-electron chi connectivity index (χ3n) is 7.24. The van der Waals surface area contributed by atoms with Crippen molar-refractivity contribution in [3.05, 3.63) is 47.8 Å². The summed E-state index contributed by atoms with van der Waals surface area (Å²) in [7, 11) is 0. The molecule has 1 aliphatic heterocycles. The van der Waals surface area contributed by atoms with Crippen molar-refractivity contribution >= 4 is 0 Å². The van der Waals surface area contributed by atoms with Gasteiger partial charge in [0.1, 0.15) is 0 Å². The number of nitrogens with zero attached hydrogens (tertiary/aromatic N) is 2. The van der Waals surface area contributed by atoms with Crippen LogP contribution >= 0.6 is 0 Å². The molecule has 0 bridgehead atoms. The number of aromatic nitrogens is 2. The van der Waals surface area contributed by atoms with E-state index in [4.69, 9.17) is 14.5 Å². The molecule has 3 atom stereocenters. The Morgan fingerprint density at radius 2 is 1.89 bits per heavy atom. The lowest BCUT2D eigenvalue weighted by Crippen LogP contribution is -2.56. The Bertz CT molecular complexity index is 832. The molecule has 0 radical (unpaired) electrons. The SMILES string of the molecule is CC[C@H]1[C@@H]2CCc3cnc(-c4ccccc4)nc3[C@@]2(C)CCC12OCCO2. The second-order valence-corrected chi connectivity index (χ2v) is 8.52. The summed E-state index contributed by atoms with van der Waals surface area (Å²) in [6.07, 6.45) is 7.41. The molecule has 0 amide bonds. The summed E-state index contributed by atoms with van der Waals surface area (Å²) >= 11 is 0. The van der Waals surface area contributed by atoms with Gasteiger partial charge >= 0.3 is 0 Å². The van der Waals surface area contributed by atoms with Gasteiger partial charge in [-0.2, -0.15) is 0 Å². The first-order valence-electron chi connectivity index (χ1n) is 10.4. The Morgan fingerprint density at radius 3 is 2.63 bits per heavy atom. The van der Waals surface area contributed by atoms with Gasteiger partial charge in [-0.25, -0.2) is 9.97 Å². The first-order chi connectivity index (χ1) is 13.2. The number of aryl methyl sites for hydroxylation is 1. The fraction of sp³-hybridized carbons (Fsp3) is 0.565. The number of hydrogen-bond donors (Lipinski definition) is 0. The zero-order valence-electron chi connectivity index (χ0n) is 16.3. The van der Waals surface area contributed by atoms with Crippen LogP contribution in [0.4, 0.5) is 0 Å². The average molecular weight is 364 g/mol. The van der Waals surface area contributed by atoms with Crippen LogP contribution in [0.15, 0.2) is 36.5 Å². The number of benzene rings is 1. The average Bonchev–Trinajstić information content (AvgIpc) is 3.18. The minimum atomic E-state index is -0.355.